The number of nitrogens with zero attached hydrogens (tertiary/aromatic N) is 1. The van der Waals surface area contributed by atoms with Crippen LogP contribution in [0.2, 0.25) is 6.32 Å². The Balaban J connectivity index is 1.61. The van der Waals surface area contributed by atoms with Crippen LogP contribution < -0.4 is 5.73 Å². The molecule has 0 amide bonds. The highest BCUT2D eigenvalue weighted by Gasteiger charge is 2.20. The molecule has 0 radical (unpaired) electrons. The first-order valence-corrected chi connectivity index (χ1v) is 10.0. The van der Waals surface area contributed by atoms with Gasteiger partial charge in [-0.3, -0.25) is 0 Å². The van der Waals surface area contributed by atoms with Gasteiger partial charge in [0, 0.05) is 6.04 Å². The van der Waals surface area contributed by atoms with E-state index in [9.17, 15) is 0 Å². The van der Waals surface area contributed by atoms with Gasteiger partial charge in [-0.15, -0.1) is 0 Å². The van der Waals surface area contributed by atoms with E-state index < -0.39 is 7.12 Å². The largest absolute Gasteiger partial charge is 0.451 e. The van der Waals surface area contributed by atoms with E-state index in [0.717, 1.165) is 38.6 Å². The van der Waals surface area contributed by atoms with Crippen molar-refractivity contribution in [1.82, 2.24) is 4.90 Å². The van der Waals surface area contributed by atoms with Crippen LogP contribution in [0.15, 0.2) is 24.3 Å². The number of nitrogens with two attached hydrogens (primary N) is 1. The third kappa shape index (κ3) is 7.49. The Morgan fingerprint density at radius 3 is 2.40 bits per heavy atom. The minimum Gasteiger partial charge on any atom is -0.427 e. The molecule has 1 atom stereocenters. The van der Waals surface area contributed by atoms with Gasteiger partial charge in [0.15, 0.2) is 0 Å². The molecule has 1 unspecified atom stereocenters. The molecule has 1 aliphatic rings. The number of likely N-dealkylation sites (tertiary alicyclic amines) is 1. The van der Waals surface area contributed by atoms with Gasteiger partial charge in [0.2, 0.25) is 0 Å². The average molecular weight is 346 g/mol. The minimum absolute atomic E-state index is 0.232. The van der Waals surface area contributed by atoms with Crippen LogP contribution in [0.1, 0.15) is 62.5 Å². The summed E-state index contributed by atoms with van der Waals surface area (Å²) >= 11 is 0. The van der Waals surface area contributed by atoms with Crippen molar-refractivity contribution >= 4 is 7.12 Å². The molecular formula is C20H35BN2O2. The maximum Gasteiger partial charge on any atom is 0.451 e. The topological polar surface area (TPSA) is 69.7 Å². The SMILES string of the molecule is CCc1ccc(C2CCN(CCC(N)CCCCB(O)O)CC2)cc1. The van der Waals surface area contributed by atoms with E-state index in [-0.39, 0.29) is 6.04 Å². The van der Waals surface area contributed by atoms with Crippen LogP contribution in [0.4, 0.5) is 0 Å². The van der Waals surface area contributed by atoms with Crippen LogP contribution >= 0.6 is 0 Å². The molecule has 0 saturated carbocycles. The highest BCUT2D eigenvalue weighted by molar-refractivity contribution is 6.40. The Hall–Kier alpha value is -0.875. The number of piperidine rings is 1. The van der Waals surface area contributed by atoms with Gasteiger partial charge in [0.05, 0.1) is 0 Å². The van der Waals surface area contributed by atoms with Crippen LogP contribution in [0.25, 0.3) is 0 Å². The maximum atomic E-state index is 8.84. The summed E-state index contributed by atoms with van der Waals surface area (Å²) in [6.07, 6.45) is 7.90. The summed E-state index contributed by atoms with van der Waals surface area (Å²) in [4.78, 5) is 2.55. The number of rotatable bonds is 10. The molecule has 0 aliphatic carbocycles. The van der Waals surface area contributed by atoms with Crippen LogP contribution in [0.5, 0.6) is 0 Å². The predicted octanol–water partition coefficient (Wildman–Crippen LogP) is 2.79. The number of hydrogen-bond donors (Lipinski definition) is 3. The van der Waals surface area contributed by atoms with Gasteiger partial charge in [-0.25, -0.2) is 0 Å². The van der Waals surface area contributed by atoms with E-state index in [1.54, 1.807) is 0 Å². The van der Waals surface area contributed by atoms with Crippen molar-refractivity contribution in [1.29, 1.82) is 0 Å². The van der Waals surface area contributed by atoms with Gasteiger partial charge in [0.25, 0.3) is 0 Å². The predicted molar refractivity (Wildman–Crippen MR) is 106 cm³/mol. The Morgan fingerprint density at radius 1 is 1.12 bits per heavy atom. The lowest BCUT2D eigenvalue weighted by Crippen LogP contribution is -2.36. The first-order chi connectivity index (χ1) is 12.1. The van der Waals surface area contributed by atoms with Gasteiger partial charge < -0.3 is 20.7 Å². The smallest absolute Gasteiger partial charge is 0.427 e. The second-order valence-corrected chi connectivity index (χ2v) is 7.52. The minimum atomic E-state index is -1.17. The van der Waals surface area contributed by atoms with Crippen molar-refractivity contribution in [2.24, 2.45) is 5.73 Å². The first kappa shape index (κ1) is 20.4. The molecule has 140 valence electrons. The van der Waals surface area contributed by atoms with Crippen molar-refractivity contribution in [3.63, 3.8) is 0 Å². The Morgan fingerprint density at radius 2 is 1.80 bits per heavy atom. The van der Waals surface area contributed by atoms with Crippen LogP contribution in [-0.2, 0) is 6.42 Å². The third-order valence-corrected chi connectivity index (χ3v) is 5.55. The second-order valence-electron chi connectivity index (χ2n) is 7.52. The summed E-state index contributed by atoms with van der Waals surface area (Å²) in [5, 5.41) is 17.7. The molecule has 1 heterocycles. The summed E-state index contributed by atoms with van der Waals surface area (Å²) in [5.41, 5.74) is 9.12. The van der Waals surface area contributed by atoms with Crippen molar-refractivity contribution < 1.29 is 10.0 Å². The van der Waals surface area contributed by atoms with E-state index in [0.29, 0.717) is 12.2 Å². The van der Waals surface area contributed by atoms with Crippen LogP contribution in [0, 0.1) is 0 Å². The van der Waals surface area contributed by atoms with E-state index >= 15 is 0 Å². The second kappa shape index (κ2) is 11.0. The Bertz CT molecular complexity index is 473. The van der Waals surface area contributed by atoms with E-state index in [1.165, 1.54) is 37.1 Å². The van der Waals surface area contributed by atoms with E-state index in [4.69, 9.17) is 15.8 Å². The zero-order valence-electron chi connectivity index (χ0n) is 15.7. The fraction of sp³-hybridized carbons (Fsp3) is 0.700. The van der Waals surface area contributed by atoms with Gasteiger partial charge in [-0.2, -0.15) is 0 Å². The van der Waals surface area contributed by atoms with E-state index in [1.807, 2.05) is 0 Å². The first-order valence-electron chi connectivity index (χ1n) is 10.0. The van der Waals surface area contributed by atoms with E-state index in [2.05, 4.69) is 36.1 Å². The molecule has 1 aromatic carbocycles. The average Bonchev–Trinajstić information content (AvgIpc) is 2.64. The quantitative estimate of drug-likeness (QED) is 0.450. The normalized spacial score (nSPS) is 17.6. The van der Waals surface area contributed by atoms with Crippen molar-refractivity contribution in [2.45, 2.75) is 70.1 Å². The van der Waals surface area contributed by atoms with Gasteiger partial charge in [-0.05, 0) is 75.1 Å². The lowest BCUT2D eigenvalue weighted by Gasteiger charge is -2.32. The molecule has 5 heteroatoms. The molecule has 0 bridgehead atoms. The highest BCUT2D eigenvalue weighted by Crippen LogP contribution is 2.28. The lowest BCUT2D eigenvalue weighted by molar-refractivity contribution is 0.204. The van der Waals surface area contributed by atoms with Crippen molar-refractivity contribution in [3.05, 3.63) is 35.4 Å². The number of unbranched alkanes of at least 4 members (excludes halogenated alkanes) is 1. The molecule has 4 N–H and O–H groups in total. The maximum absolute atomic E-state index is 8.84. The summed E-state index contributed by atoms with van der Waals surface area (Å²) in [6, 6.07) is 9.42. The summed E-state index contributed by atoms with van der Waals surface area (Å²) in [5.74, 6) is 0.709. The molecule has 4 nitrogen and oxygen atoms in total. The molecule has 1 aromatic rings. The lowest BCUT2D eigenvalue weighted by atomic mass is 9.83. The molecule has 25 heavy (non-hydrogen) atoms. The Labute approximate surface area is 153 Å². The zero-order valence-corrected chi connectivity index (χ0v) is 15.7. The Kier molecular flexibility index (Phi) is 8.97. The number of hydrogen-bond acceptors (Lipinski definition) is 4. The fourth-order valence-electron chi connectivity index (χ4n) is 3.74. The van der Waals surface area contributed by atoms with Crippen molar-refractivity contribution in [3.8, 4) is 0 Å². The number of benzene rings is 1. The molecule has 0 aromatic heterocycles. The fourth-order valence-corrected chi connectivity index (χ4v) is 3.74. The van der Waals surface area contributed by atoms with Gasteiger partial charge in [-0.1, -0.05) is 44.0 Å². The van der Waals surface area contributed by atoms with Gasteiger partial charge in [0.1, 0.15) is 0 Å². The summed E-state index contributed by atoms with van der Waals surface area (Å²) in [6.45, 7) is 5.63. The van der Waals surface area contributed by atoms with Crippen LogP contribution in [-0.4, -0.2) is 47.7 Å². The zero-order chi connectivity index (χ0) is 18.1. The summed E-state index contributed by atoms with van der Waals surface area (Å²) in [7, 11) is -1.17. The molecule has 1 fully saturated rings. The van der Waals surface area contributed by atoms with Crippen molar-refractivity contribution in [2.75, 3.05) is 19.6 Å². The molecule has 1 saturated heterocycles. The van der Waals surface area contributed by atoms with Gasteiger partial charge >= 0.3 is 7.12 Å². The molecule has 1 aliphatic heterocycles. The molecule has 0 spiro atoms. The molecule has 2 rings (SSSR count). The number of aryl methyl sites for hydroxylation is 1. The molecular weight excluding hydrogens is 311 g/mol. The van der Waals surface area contributed by atoms with Crippen LogP contribution in [0.3, 0.4) is 0 Å². The standard InChI is InChI=1S/C20H35BN2O2/c1-2-17-6-8-18(9-7-17)19-10-14-23(15-11-19)16-12-20(22)5-3-4-13-21(24)25/h6-9,19-20,24-25H,2-5,10-16,22H2,1H3. The monoisotopic (exact) mass is 346 g/mol. The third-order valence-electron chi connectivity index (χ3n) is 5.55. The highest BCUT2D eigenvalue weighted by atomic mass is 16.4. The summed E-state index contributed by atoms with van der Waals surface area (Å²) < 4.78 is 0.